The maximum absolute atomic E-state index is 11.9. The fourth-order valence-electron chi connectivity index (χ4n) is 2.12. The number of rotatable bonds is 2. The summed E-state index contributed by atoms with van der Waals surface area (Å²) in [6, 6.07) is -0.252. The highest BCUT2D eigenvalue weighted by Crippen LogP contribution is 2.29. The molecule has 1 aromatic rings. The van der Waals surface area contributed by atoms with E-state index < -0.39 is 16.9 Å². The molecule has 1 aromatic heterocycles. The first-order valence-corrected chi connectivity index (χ1v) is 7.32. The number of aliphatic hydroxyl groups excluding tert-OH is 1. The van der Waals surface area contributed by atoms with Crippen LogP contribution in [0.25, 0.3) is 0 Å². The third-order valence-electron chi connectivity index (χ3n) is 3.03. The predicted octanol–water partition coefficient (Wildman–Crippen LogP) is -0.0347. The van der Waals surface area contributed by atoms with E-state index in [9.17, 15) is 9.32 Å². The summed E-state index contributed by atoms with van der Waals surface area (Å²) in [4.78, 5) is 8.77. The molecule has 0 bridgehead atoms. The van der Waals surface area contributed by atoms with Gasteiger partial charge in [0.05, 0.1) is 41.9 Å². The van der Waals surface area contributed by atoms with Gasteiger partial charge in [0.2, 0.25) is 5.28 Å². The number of aliphatic hydroxyl groups is 1. The van der Waals surface area contributed by atoms with Gasteiger partial charge < -0.3 is 15.2 Å². The van der Waals surface area contributed by atoms with Crippen molar-refractivity contribution >= 4 is 28.2 Å². The zero-order valence-corrected chi connectivity index (χ0v) is 11.0. The molecule has 0 radical (unpaired) electrons. The molecule has 2 aliphatic heterocycles. The summed E-state index contributed by atoms with van der Waals surface area (Å²) in [6.07, 6.45) is 0.0481. The average molecular weight is 290 g/mol. The Balaban J connectivity index is 1.94. The maximum atomic E-state index is 11.9. The number of nitrogens with one attached hydrogen (secondary N) is 1. The molecule has 0 saturated carbocycles. The molecule has 3 atom stereocenters. The van der Waals surface area contributed by atoms with Crippen molar-refractivity contribution in [3.05, 3.63) is 11.0 Å². The molecule has 3 heterocycles. The van der Waals surface area contributed by atoms with E-state index in [1.807, 2.05) is 0 Å². The van der Waals surface area contributed by atoms with Gasteiger partial charge in [0.1, 0.15) is 10.7 Å². The number of aryl methyl sites for hydroxylation is 1. The van der Waals surface area contributed by atoms with E-state index >= 15 is 0 Å². The molecule has 6 nitrogen and oxygen atoms in total. The molecule has 0 amide bonds. The van der Waals surface area contributed by atoms with Gasteiger partial charge in [-0.1, -0.05) is 0 Å². The lowest BCUT2D eigenvalue weighted by Gasteiger charge is -2.17. The summed E-state index contributed by atoms with van der Waals surface area (Å²) in [7, 11) is -1.10. The summed E-state index contributed by atoms with van der Waals surface area (Å²) in [5, 5.41) is 12.9. The van der Waals surface area contributed by atoms with Crippen LogP contribution in [0.4, 0.5) is 5.82 Å². The van der Waals surface area contributed by atoms with Crippen molar-refractivity contribution < 1.29 is 14.1 Å². The van der Waals surface area contributed by atoms with Crippen LogP contribution in [0.5, 0.6) is 0 Å². The van der Waals surface area contributed by atoms with Crippen molar-refractivity contribution in [2.24, 2.45) is 0 Å². The molecular weight excluding hydrogens is 278 g/mol. The highest BCUT2D eigenvalue weighted by atomic mass is 35.5. The number of nitrogens with zero attached hydrogens (tertiary/aromatic N) is 2. The van der Waals surface area contributed by atoms with Crippen LogP contribution in [0.1, 0.15) is 5.69 Å². The fourth-order valence-corrected chi connectivity index (χ4v) is 3.62. The highest BCUT2D eigenvalue weighted by molar-refractivity contribution is 7.85. The Kier molecular flexibility index (Phi) is 3.23. The number of halogens is 1. The van der Waals surface area contributed by atoms with Crippen LogP contribution in [0.2, 0.25) is 5.28 Å². The van der Waals surface area contributed by atoms with Gasteiger partial charge >= 0.3 is 0 Å². The molecule has 98 valence electrons. The number of aromatic nitrogens is 2. The van der Waals surface area contributed by atoms with E-state index in [-0.39, 0.29) is 11.3 Å². The zero-order chi connectivity index (χ0) is 12.7. The molecule has 0 unspecified atom stereocenters. The van der Waals surface area contributed by atoms with Gasteiger partial charge in [-0.2, -0.15) is 4.98 Å². The smallest absolute Gasteiger partial charge is 0.224 e. The van der Waals surface area contributed by atoms with Gasteiger partial charge in [-0.15, -0.1) is 0 Å². The molecule has 1 fully saturated rings. The second-order valence-electron chi connectivity index (χ2n) is 4.27. The first kappa shape index (κ1) is 12.3. The maximum Gasteiger partial charge on any atom is 0.224 e. The zero-order valence-electron chi connectivity index (χ0n) is 9.43. The molecule has 2 aliphatic rings. The first-order valence-electron chi connectivity index (χ1n) is 5.62. The van der Waals surface area contributed by atoms with Gasteiger partial charge in [-0.3, -0.25) is 4.21 Å². The van der Waals surface area contributed by atoms with Gasteiger partial charge in [0.15, 0.2) is 0 Å². The van der Waals surface area contributed by atoms with Gasteiger partial charge in [-0.25, -0.2) is 4.98 Å². The Morgan fingerprint density at radius 1 is 1.44 bits per heavy atom. The quantitative estimate of drug-likeness (QED) is 0.744. The van der Waals surface area contributed by atoms with Crippen molar-refractivity contribution in [2.75, 3.05) is 24.3 Å². The molecule has 8 heteroatoms. The Morgan fingerprint density at radius 2 is 2.28 bits per heavy atom. The number of hydrogen-bond donors (Lipinski definition) is 2. The van der Waals surface area contributed by atoms with Crippen LogP contribution in [-0.2, 0) is 22.0 Å². The third kappa shape index (κ3) is 2.11. The van der Waals surface area contributed by atoms with E-state index in [1.54, 1.807) is 0 Å². The normalized spacial score (nSPS) is 30.4. The average Bonchev–Trinajstić information content (AvgIpc) is 2.87. The molecule has 2 N–H and O–H groups in total. The van der Waals surface area contributed by atoms with Crippen molar-refractivity contribution in [3.63, 3.8) is 0 Å². The standard InChI is InChI=1S/C10H12ClN3O3S/c11-10-13-5-1-2-18(16)8(5)9(14-10)12-6-3-17-4-7(6)15/h6-7,15H,1-4H2,(H,12,13,14)/t6-,7-,18+/m1/s1. The Bertz CT molecular complexity index is 513. The minimum Gasteiger partial charge on any atom is -0.388 e. The largest absolute Gasteiger partial charge is 0.388 e. The van der Waals surface area contributed by atoms with E-state index in [0.717, 1.165) is 5.69 Å². The van der Waals surface area contributed by atoms with Crippen molar-refractivity contribution in [2.45, 2.75) is 23.5 Å². The van der Waals surface area contributed by atoms with E-state index in [4.69, 9.17) is 16.3 Å². The second-order valence-corrected chi connectivity index (χ2v) is 6.12. The summed E-state index contributed by atoms with van der Waals surface area (Å²) in [5.74, 6) is 0.998. The van der Waals surface area contributed by atoms with Crippen molar-refractivity contribution in [1.29, 1.82) is 0 Å². The molecule has 0 spiro atoms. The molecule has 0 aliphatic carbocycles. The van der Waals surface area contributed by atoms with E-state index in [1.165, 1.54) is 0 Å². The highest BCUT2D eigenvalue weighted by Gasteiger charge is 2.31. The van der Waals surface area contributed by atoms with E-state index in [2.05, 4.69) is 15.3 Å². The Hall–Kier alpha value is -0.760. The summed E-state index contributed by atoms with van der Waals surface area (Å²) >= 11 is 5.84. The van der Waals surface area contributed by atoms with Crippen LogP contribution < -0.4 is 5.32 Å². The lowest BCUT2D eigenvalue weighted by Crippen LogP contribution is -2.32. The fraction of sp³-hybridized carbons (Fsp3) is 0.600. The number of anilines is 1. The summed E-state index contributed by atoms with van der Waals surface area (Å²) in [6.45, 7) is 0.686. The molecular formula is C10H12ClN3O3S. The summed E-state index contributed by atoms with van der Waals surface area (Å²) in [5.41, 5.74) is 0.726. The number of fused-ring (bicyclic) bond motifs is 1. The Morgan fingerprint density at radius 3 is 3.00 bits per heavy atom. The van der Waals surface area contributed by atoms with Crippen LogP contribution in [0.3, 0.4) is 0 Å². The molecule has 0 aromatic carbocycles. The molecule has 1 saturated heterocycles. The Labute approximate surface area is 111 Å². The van der Waals surface area contributed by atoms with Crippen molar-refractivity contribution in [3.8, 4) is 0 Å². The summed E-state index contributed by atoms with van der Waals surface area (Å²) < 4.78 is 17.1. The molecule has 18 heavy (non-hydrogen) atoms. The second kappa shape index (κ2) is 4.73. The number of ether oxygens (including phenoxy) is 1. The number of hydrogen-bond acceptors (Lipinski definition) is 6. The van der Waals surface area contributed by atoms with Gasteiger partial charge in [0.25, 0.3) is 0 Å². The minimum atomic E-state index is -1.10. The van der Waals surface area contributed by atoms with Crippen LogP contribution in [0.15, 0.2) is 4.90 Å². The minimum absolute atomic E-state index is 0.128. The third-order valence-corrected chi connectivity index (χ3v) is 4.66. The van der Waals surface area contributed by atoms with Gasteiger partial charge in [0, 0.05) is 12.2 Å². The lowest BCUT2D eigenvalue weighted by molar-refractivity contribution is 0.125. The monoisotopic (exact) mass is 289 g/mol. The lowest BCUT2D eigenvalue weighted by atomic mass is 10.2. The van der Waals surface area contributed by atoms with Gasteiger partial charge in [-0.05, 0) is 11.6 Å². The van der Waals surface area contributed by atoms with Crippen LogP contribution in [-0.4, -0.2) is 50.4 Å². The van der Waals surface area contributed by atoms with E-state index in [0.29, 0.717) is 36.1 Å². The SMILES string of the molecule is O=[S@]1CCc2nc(Cl)nc(N[C@@H]3COC[C@H]3O)c21. The predicted molar refractivity (Wildman–Crippen MR) is 66.3 cm³/mol. The van der Waals surface area contributed by atoms with Crippen molar-refractivity contribution in [1.82, 2.24) is 9.97 Å². The van der Waals surface area contributed by atoms with Crippen LogP contribution in [0, 0.1) is 0 Å². The molecule has 3 rings (SSSR count). The van der Waals surface area contributed by atoms with Crippen LogP contribution >= 0.6 is 11.6 Å². The first-order chi connectivity index (χ1) is 8.65. The topological polar surface area (TPSA) is 84.3 Å².